The molecule has 1 saturated carbocycles. The quantitative estimate of drug-likeness (QED) is 0.741. The second-order valence-electron chi connectivity index (χ2n) is 5.71. The van der Waals surface area contributed by atoms with Crippen molar-refractivity contribution in [2.24, 2.45) is 0 Å². The van der Waals surface area contributed by atoms with Gasteiger partial charge >= 0.3 is 0 Å². The predicted molar refractivity (Wildman–Crippen MR) is 80.7 cm³/mol. The third-order valence-corrected chi connectivity index (χ3v) is 3.86. The molecule has 0 amide bonds. The molecule has 2 aromatic heterocycles. The van der Waals surface area contributed by atoms with E-state index in [4.69, 9.17) is 4.52 Å². The maximum absolute atomic E-state index is 5.26. The number of rotatable bonds is 6. The second-order valence-corrected chi connectivity index (χ2v) is 5.71. The molecule has 1 aliphatic rings. The van der Waals surface area contributed by atoms with Crippen LogP contribution in [0.4, 0.5) is 0 Å². The first-order chi connectivity index (χ1) is 11.3. The number of benzene rings is 1. The zero-order valence-electron chi connectivity index (χ0n) is 12.8. The summed E-state index contributed by atoms with van der Waals surface area (Å²) in [6.07, 6.45) is 2.30. The van der Waals surface area contributed by atoms with Crippen molar-refractivity contribution >= 4 is 0 Å². The summed E-state index contributed by atoms with van der Waals surface area (Å²) in [5.74, 6) is 2.63. The fraction of sp³-hybridized carbons (Fsp3) is 0.400. The van der Waals surface area contributed by atoms with Gasteiger partial charge < -0.3 is 9.84 Å². The maximum Gasteiger partial charge on any atom is 0.229 e. The Balaban J connectivity index is 1.44. The minimum absolute atomic E-state index is 0.0481. The first kappa shape index (κ1) is 14.0. The Morgan fingerprint density at radius 2 is 2.13 bits per heavy atom. The van der Waals surface area contributed by atoms with E-state index in [1.165, 1.54) is 0 Å². The van der Waals surface area contributed by atoms with Gasteiger partial charge in [-0.25, -0.2) is 0 Å². The third kappa shape index (κ3) is 2.98. The Morgan fingerprint density at radius 3 is 2.91 bits per heavy atom. The van der Waals surface area contributed by atoms with Gasteiger partial charge in [0.25, 0.3) is 0 Å². The normalized spacial score (nSPS) is 15.7. The van der Waals surface area contributed by atoms with Gasteiger partial charge in [0.05, 0.1) is 18.3 Å². The Labute approximate surface area is 132 Å². The lowest BCUT2D eigenvalue weighted by Crippen LogP contribution is -2.22. The van der Waals surface area contributed by atoms with Crippen molar-refractivity contribution < 1.29 is 4.52 Å². The van der Waals surface area contributed by atoms with E-state index in [-0.39, 0.29) is 6.04 Å². The van der Waals surface area contributed by atoms with Gasteiger partial charge in [-0.2, -0.15) is 9.67 Å². The molecule has 8 nitrogen and oxygen atoms in total. The van der Waals surface area contributed by atoms with Gasteiger partial charge in [0, 0.05) is 5.92 Å². The Kier molecular flexibility index (Phi) is 3.58. The van der Waals surface area contributed by atoms with Gasteiger partial charge in [-0.15, -0.1) is 5.10 Å². The van der Waals surface area contributed by atoms with E-state index in [0.29, 0.717) is 18.3 Å². The summed E-state index contributed by atoms with van der Waals surface area (Å²) in [5.41, 5.74) is 0.928. The average Bonchev–Trinajstić information content (AvgIpc) is 3.14. The lowest BCUT2D eigenvalue weighted by atomic mass is 10.3. The molecule has 1 fully saturated rings. The van der Waals surface area contributed by atoms with Crippen LogP contribution in [0.25, 0.3) is 5.69 Å². The van der Waals surface area contributed by atoms with Crippen LogP contribution < -0.4 is 5.32 Å². The molecule has 0 spiro atoms. The van der Waals surface area contributed by atoms with Crippen LogP contribution in [0, 0.1) is 0 Å². The fourth-order valence-electron chi connectivity index (χ4n) is 2.39. The first-order valence-electron chi connectivity index (χ1n) is 7.71. The molecular formula is C15H17N7O. The number of aromatic nitrogens is 6. The van der Waals surface area contributed by atoms with Crippen molar-refractivity contribution in [3.8, 4) is 5.69 Å². The minimum Gasteiger partial charge on any atom is -0.339 e. The Bertz CT molecular complexity index is 778. The molecule has 1 unspecified atom stereocenters. The van der Waals surface area contributed by atoms with Crippen LogP contribution >= 0.6 is 0 Å². The van der Waals surface area contributed by atoms with Crippen molar-refractivity contribution in [1.82, 2.24) is 35.7 Å². The van der Waals surface area contributed by atoms with Gasteiger partial charge in [0.15, 0.2) is 11.6 Å². The lowest BCUT2D eigenvalue weighted by Gasteiger charge is -2.12. The molecule has 3 aromatic rings. The monoisotopic (exact) mass is 311 g/mol. The zero-order valence-corrected chi connectivity index (χ0v) is 12.8. The highest BCUT2D eigenvalue weighted by molar-refractivity contribution is 5.30. The van der Waals surface area contributed by atoms with Crippen molar-refractivity contribution in [2.75, 3.05) is 0 Å². The average molecular weight is 311 g/mol. The lowest BCUT2D eigenvalue weighted by molar-refractivity contribution is 0.371. The van der Waals surface area contributed by atoms with Crippen LogP contribution in [-0.2, 0) is 6.54 Å². The Hall–Kier alpha value is -2.61. The fourth-order valence-corrected chi connectivity index (χ4v) is 2.39. The topological polar surface area (TPSA) is 94.6 Å². The molecule has 1 N–H and O–H groups in total. The highest BCUT2D eigenvalue weighted by Crippen LogP contribution is 2.38. The predicted octanol–water partition coefficient (Wildman–Crippen LogP) is 1.77. The van der Waals surface area contributed by atoms with Crippen molar-refractivity contribution in [2.45, 2.75) is 38.3 Å². The summed E-state index contributed by atoms with van der Waals surface area (Å²) in [5, 5.41) is 19.3. The number of hydrogen-bond acceptors (Lipinski definition) is 7. The number of tetrazole rings is 1. The van der Waals surface area contributed by atoms with Gasteiger partial charge in [0.1, 0.15) is 0 Å². The van der Waals surface area contributed by atoms with Crippen LogP contribution in [0.1, 0.15) is 49.3 Å². The van der Waals surface area contributed by atoms with E-state index in [2.05, 4.69) is 31.0 Å². The summed E-state index contributed by atoms with van der Waals surface area (Å²) in [6, 6.07) is 9.76. The summed E-state index contributed by atoms with van der Waals surface area (Å²) in [7, 11) is 0. The van der Waals surface area contributed by atoms with E-state index in [1.54, 1.807) is 4.68 Å². The number of nitrogens with zero attached hydrogens (tertiary/aromatic N) is 6. The maximum atomic E-state index is 5.26. The molecule has 0 bridgehead atoms. The van der Waals surface area contributed by atoms with Crippen molar-refractivity contribution in [1.29, 1.82) is 0 Å². The molecule has 0 aliphatic heterocycles. The SMILES string of the molecule is CC(NCc1noc(C2CC2)n1)c1nnnn1-c1ccccc1. The highest BCUT2D eigenvalue weighted by atomic mass is 16.5. The molecule has 118 valence electrons. The molecular weight excluding hydrogens is 294 g/mol. The van der Waals surface area contributed by atoms with Gasteiger partial charge in [0.2, 0.25) is 5.89 Å². The Morgan fingerprint density at radius 1 is 1.30 bits per heavy atom. The second kappa shape index (κ2) is 5.88. The summed E-state index contributed by atoms with van der Waals surface area (Å²) < 4.78 is 6.98. The molecule has 0 saturated heterocycles. The number of hydrogen-bond donors (Lipinski definition) is 1. The van der Waals surface area contributed by atoms with Crippen LogP contribution in [0.15, 0.2) is 34.9 Å². The summed E-state index contributed by atoms with van der Waals surface area (Å²) in [4.78, 5) is 4.41. The molecule has 8 heteroatoms. The van der Waals surface area contributed by atoms with Crippen molar-refractivity contribution in [3.05, 3.63) is 47.9 Å². The minimum atomic E-state index is -0.0481. The number of para-hydroxylation sites is 1. The van der Waals surface area contributed by atoms with E-state index >= 15 is 0 Å². The zero-order chi connectivity index (χ0) is 15.6. The van der Waals surface area contributed by atoms with E-state index in [9.17, 15) is 0 Å². The smallest absolute Gasteiger partial charge is 0.229 e. The van der Waals surface area contributed by atoms with Gasteiger partial charge in [-0.1, -0.05) is 23.4 Å². The summed E-state index contributed by atoms with van der Waals surface area (Å²) in [6.45, 7) is 2.52. The molecule has 1 atom stereocenters. The van der Waals surface area contributed by atoms with Crippen LogP contribution in [0.2, 0.25) is 0 Å². The van der Waals surface area contributed by atoms with Gasteiger partial charge in [-0.05, 0) is 42.3 Å². The standard InChI is InChI=1S/C15H17N7O/c1-10(16-9-13-17-15(23-19-13)11-7-8-11)14-18-20-21-22(14)12-5-3-2-4-6-12/h2-6,10-11,16H,7-9H2,1H3. The molecule has 1 aromatic carbocycles. The molecule has 0 radical (unpaired) electrons. The first-order valence-corrected chi connectivity index (χ1v) is 7.71. The van der Waals surface area contributed by atoms with E-state index in [0.717, 1.165) is 30.2 Å². The molecule has 23 heavy (non-hydrogen) atoms. The summed E-state index contributed by atoms with van der Waals surface area (Å²) >= 11 is 0. The van der Waals surface area contributed by atoms with Crippen molar-refractivity contribution in [3.63, 3.8) is 0 Å². The van der Waals surface area contributed by atoms with Gasteiger partial charge in [-0.3, -0.25) is 0 Å². The molecule has 1 aliphatic carbocycles. The highest BCUT2D eigenvalue weighted by Gasteiger charge is 2.29. The van der Waals surface area contributed by atoms with Crippen LogP contribution in [-0.4, -0.2) is 30.3 Å². The van der Waals surface area contributed by atoms with E-state index in [1.807, 2.05) is 37.3 Å². The number of nitrogens with one attached hydrogen (secondary N) is 1. The van der Waals surface area contributed by atoms with Crippen LogP contribution in [0.3, 0.4) is 0 Å². The molecule has 4 rings (SSSR count). The van der Waals surface area contributed by atoms with Crippen LogP contribution in [0.5, 0.6) is 0 Å². The van der Waals surface area contributed by atoms with E-state index < -0.39 is 0 Å². The molecule has 2 heterocycles. The third-order valence-electron chi connectivity index (χ3n) is 3.86. The largest absolute Gasteiger partial charge is 0.339 e.